The maximum absolute atomic E-state index is 13.2. The van der Waals surface area contributed by atoms with E-state index in [1.165, 1.54) is 12.1 Å². The Bertz CT molecular complexity index is 1110. The van der Waals surface area contributed by atoms with Gasteiger partial charge in [-0.2, -0.15) is 0 Å². The van der Waals surface area contributed by atoms with Crippen LogP contribution in [0.15, 0.2) is 88.3 Å². The maximum Gasteiger partial charge on any atom is 0.136 e. The molecule has 0 fully saturated rings. The maximum atomic E-state index is 13.2. The van der Waals surface area contributed by atoms with E-state index in [2.05, 4.69) is 4.99 Å². The molecule has 128 valence electrons. The highest BCUT2D eigenvalue weighted by atomic mass is 19.1. The summed E-state index contributed by atoms with van der Waals surface area (Å²) in [6.07, 6.45) is 0. The highest BCUT2D eigenvalue weighted by Gasteiger charge is 2.06. The van der Waals surface area contributed by atoms with Crippen LogP contribution < -0.4 is 10.1 Å². The van der Waals surface area contributed by atoms with Crippen LogP contribution >= 0.6 is 0 Å². The highest BCUT2D eigenvalue weighted by molar-refractivity contribution is 5.78. The monoisotopic (exact) mass is 345 g/mol. The van der Waals surface area contributed by atoms with Crippen LogP contribution in [0.4, 0.5) is 10.1 Å². The Labute approximate surface area is 150 Å². The third kappa shape index (κ3) is 3.22. The fourth-order valence-electron chi connectivity index (χ4n) is 2.76. The van der Waals surface area contributed by atoms with E-state index in [1.807, 2.05) is 54.6 Å². The van der Waals surface area contributed by atoms with Crippen molar-refractivity contribution in [1.29, 1.82) is 0 Å². The number of hydrogen-bond donors (Lipinski definition) is 0. The van der Waals surface area contributed by atoms with Crippen LogP contribution in [0.1, 0.15) is 0 Å². The lowest BCUT2D eigenvalue weighted by Gasteiger charge is -2.06. The molecule has 3 aromatic carbocycles. The number of rotatable bonds is 3. The predicted octanol–water partition coefficient (Wildman–Crippen LogP) is 5.48. The normalized spacial score (nSPS) is 11.7. The van der Waals surface area contributed by atoms with Gasteiger partial charge in [0.25, 0.3) is 0 Å². The molecule has 0 radical (unpaired) electrons. The molecule has 4 heteroatoms. The number of fused-ring (bicyclic) bond motifs is 1. The van der Waals surface area contributed by atoms with E-state index in [0.29, 0.717) is 11.4 Å². The quantitative estimate of drug-likeness (QED) is 0.493. The van der Waals surface area contributed by atoms with Crippen molar-refractivity contribution < 1.29 is 13.5 Å². The second-order valence-corrected chi connectivity index (χ2v) is 5.81. The Balaban J connectivity index is 1.91. The van der Waals surface area contributed by atoms with E-state index in [9.17, 15) is 4.39 Å². The summed E-state index contributed by atoms with van der Waals surface area (Å²) in [6, 6.07) is 23.4. The molecule has 1 aromatic heterocycles. The number of benzene rings is 3. The first-order valence-electron chi connectivity index (χ1n) is 8.20. The first kappa shape index (κ1) is 16.1. The number of nitrogens with zero attached hydrogens (tertiary/aromatic N) is 1. The zero-order chi connectivity index (χ0) is 17.9. The van der Waals surface area contributed by atoms with Gasteiger partial charge in [0.2, 0.25) is 0 Å². The summed E-state index contributed by atoms with van der Waals surface area (Å²) in [7, 11) is 1.63. The molecule has 0 spiro atoms. The van der Waals surface area contributed by atoms with Gasteiger partial charge in [0.15, 0.2) is 0 Å². The van der Waals surface area contributed by atoms with Crippen LogP contribution in [0.5, 0.6) is 5.75 Å². The minimum Gasteiger partial charge on any atom is -0.497 e. The number of halogens is 1. The Morgan fingerprint density at radius 2 is 1.62 bits per heavy atom. The van der Waals surface area contributed by atoms with Gasteiger partial charge >= 0.3 is 0 Å². The highest BCUT2D eigenvalue weighted by Crippen LogP contribution is 2.24. The molecule has 1 heterocycles. The zero-order valence-corrected chi connectivity index (χ0v) is 14.1. The number of para-hydroxylation sites is 1. The van der Waals surface area contributed by atoms with Gasteiger partial charge in [-0.25, -0.2) is 9.38 Å². The molecule has 0 saturated carbocycles. The third-order valence-corrected chi connectivity index (χ3v) is 4.10. The number of methoxy groups -OCH3 is 1. The lowest BCUT2D eigenvalue weighted by Crippen LogP contribution is -2.03. The van der Waals surface area contributed by atoms with E-state index < -0.39 is 0 Å². The second-order valence-electron chi connectivity index (χ2n) is 5.81. The van der Waals surface area contributed by atoms with Crippen molar-refractivity contribution in [2.24, 2.45) is 4.99 Å². The van der Waals surface area contributed by atoms with Crippen molar-refractivity contribution in [3.8, 4) is 17.1 Å². The van der Waals surface area contributed by atoms with Gasteiger partial charge in [-0.15, -0.1) is 0 Å². The van der Waals surface area contributed by atoms with Crippen molar-refractivity contribution in [3.63, 3.8) is 0 Å². The smallest absolute Gasteiger partial charge is 0.136 e. The fraction of sp³-hybridized carbons (Fsp3) is 0.0455. The average molecular weight is 345 g/mol. The summed E-state index contributed by atoms with van der Waals surface area (Å²) in [5.74, 6) is 1.20. The summed E-state index contributed by atoms with van der Waals surface area (Å²) >= 11 is 0. The lowest BCUT2D eigenvalue weighted by atomic mass is 10.1. The summed E-state index contributed by atoms with van der Waals surface area (Å²) in [5.41, 5.74) is 2.34. The van der Waals surface area contributed by atoms with Crippen molar-refractivity contribution in [2.45, 2.75) is 0 Å². The van der Waals surface area contributed by atoms with E-state index in [4.69, 9.17) is 9.15 Å². The standard InChI is InChI=1S/C22H16FNO2/c1-25-18-12-6-15(7-13-18)22-14-20(19-4-2-3-5-21(19)26-22)24-17-10-8-16(23)9-11-17/h2-14H,1H3. The van der Waals surface area contributed by atoms with Crippen LogP contribution in [0.2, 0.25) is 0 Å². The molecule has 0 aliphatic carbocycles. The molecule has 3 nitrogen and oxygen atoms in total. The molecule has 0 aliphatic rings. The van der Waals surface area contributed by atoms with Gasteiger partial charge in [-0.3, -0.25) is 0 Å². The van der Waals surface area contributed by atoms with Crippen LogP contribution in [0.3, 0.4) is 0 Å². The van der Waals surface area contributed by atoms with Crippen LogP contribution in [-0.2, 0) is 0 Å². The molecule has 4 rings (SSSR count). The number of hydrogen-bond acceptors (Lipinski definition) is 3. The Morgan fingerprint density at radius 3 is 2.35 bits per heavy atom. The van der Waals surface area contributed by atoms with Crippen molar-refractivity contribution >= 4 is 16.7 Å². The van der Waals surface area contributed by atoms with Crippen molar-refractivity contribution in [3.05, 3.63) is 90.0 Å². The molecule has 0 unspecified atom stereocenters. The third-order valence-electron chi connectivity index (χ3n) is 4.10. The second kappa shape index (κ2) is 6.84. The molecule has 4 aromatic rings. The average Bonchev–Trinajstić information content (AvgIpc) is 2.69. The Morgan fingerprint density at radius 1 is 0.885 bits per heavy atom. The van der Waals surface area contributed by atoms with Crippen LogP contribution in [0, 0.1) is 5.82 Å². The summed E-state index contributed by atoms with van der Waals surface area (Å²) in [4.78, 5) is 4.68. The molecule has 0 bridgehead atoms. The summed E-state index contributed by atoms with van der Waals surface area (Å²) < 4.78 is 24.4. The predicted molar refractivity (Wildman–Crippen MR) is 99.8 cm³/mol. The van der Waals surface area contributed by atoms with E-state index in [-0.39, 0.29) is 5.82 Å². The van der Waals surface area contributed by atoms with E-state index in [0.717, 1.165) is 27.6 Å². The SMILES string of the molecule is COc1ccc(-c2cc(=Nc3ccc(F)cc3)c3ccccc3o2)cc1. The Kier molecular flexibility index (Phi) is 4.23. The van der Waals surface area contributed by atoms with Gasteiger partial charge in [0.1, 0.15) is 22.9 Å². The van der Waals surface area contributed by atoms with Gasteiger partial charge in [-0.05, 0) is 60.7 Å². The first-order valence-corrected chi connectivity index (χ1v) is 8.20. The molecular weight excluding hydrogens is 329 g/mol. The topological polar surface area (TPSA) is 34.7 Å². The van der Waals surface area contributed by atoms with Crippen molar-refractivity contribution in [1.82, 2.24) is 0 Å². The molecule has 0 saturated heterocycles. The zero-order valence-electron chi connectivity index (χ0n) is 14.1. The molecule has 0 amide bonds. The molecule has 26 heavy (non-hydrogen) atoms. The van der Waals surface area contributed by atoms with Gasteiger partial charge in [-0.1, -0.05) is 12.1 Å². The molecular formula is C22H16FNO2. The van der Waals surface area contributed by atoms with E-state index >= 15 is 0 Å². The van der Waals surface area contributed by atoms with E-state index in [1.54, 1.807) is 19.2 Å². The molecule has 0 atom stereocenters. The summed E-state index contributed by atoms with van der Waals surface area (Å²) in [5, 5.41) is 1.67. The van der Waals surface area contributed by atoms with Crippen LogP contribution in [-0.4, -0.2) is 7.11 Å². The summed E-state index contributed by atoms with van der Waals surface area (Å²) in [6.45, 7) is 0. The molecule has 0 N–H and O–H groups in total. The number of ether oxygens (including phenoxy) is 1. The Hall–Kier alpha value is -3.40. The van der Waals surface area contributed by atoms with Crippen LogP contribution in [0.25, 0.3) is 22.3 Å². The fourth-order valence-corrected chi connectivity index (χ4v) is 2.76. The van der Waals surface area contributed by atoms with Gasteiger partial charge < -0.3 is 9.15 Å². The van der Waals surface area contributed by atoms with Gasteiger partial charge in [0, 0.05) is 17.0 Å². The first-order chi connectivity index (χ1) is 12.7. The molecule has 0 aliphatic heterocycles. The lowest BCUT2D eigenvalue weighted by molar-refractivity contribution is 0.415. The van der Waals surface area contributed by atoms with Gasteiger partial charge in [0.05, 0.1) is 18.2 Å². The largest absolute Gasteiger partial charge is 0.497 e. The minimum absolute atomic E-state index is 0.282. The van der Waals surface area contributed by atoms with Crippen molar-refractivity contribution in [2.75, 3.05) is 7.11 Å². The minimum atomic E-state index is -0.282.